The number of nitrogens with zero attached hydrogens (tertiary/aromatic N) is 2. The minimum Gasteiger partial charge on any atom is -0.325 e. The van der Waals surface area contributed by atoms with Crippen LogP contribution in [-0.2, 0) is 11.0 Å². The van der Waals surface area contributed by atoms with Crippen LogP contribution in [0.4, 0.5) is 18.9 Å². The number of hydrogen-bond donors (Lipinski definition) is 2. The van der Waals surface area contributed by atoms with Crippen LogP contribution in [0.15, 0.2) is 59.8 Å². The third-order valence-electron chi connectivity index (χ3n) is 3.82. The van der Waals surface area contributed by atoms with Crippen molar-refractivity contribution in [2.45, 2.75) is 23.5 Å². The Balaban J connectivity index is 1.59. The van der Waals surface area contributed by atoms with Gasteiger partial charge in [-0.3, -0.25) is 9.89 Å². The Kier molecular flexibility index (Phi) is 6.38. The van der Waals surface area contributed by atoms with Crippen LogP contribution < -0.4 is 5.32 Å². The Bertz CT molecular complexity index is 1000. The highest BCUT2D eigenvalue weighted by molar-refractivity contribution is 8.00. The second-order valence-electron chi connectivity index (χ2n) is 6.08. The normalized spacial score (nSPS) is 12.8. The first kappa shape index (κ1) is 20.7. The molecule has 0 saturated heterocycles. The predicted molar refractivity (Wildman–Crippen MR) is 107 cm³/mol. The standard InChI is InChI=1S/C20H17F3N4OS/c1-13(18(28)24-16-9-5-8-15(12-16)20(21,22)23)29-19-25-17(26-27-19)11-10-14-6-3-2-4-7-14/h2-13H,1H3,(H,24,28)(H,25,26,27)/b11-10+. The summed E-state index contributed by atoms with van der Waals surface area (Å²) in [5, 5.41) is 9.07. The zero-order chi connectivity index (χ0) is 20.9. The molecule has 0 saturated carbocycles. The summed E-state index contributed by atoms with van der Waals surface area (Å²) in [6.07, 6.45) is -0.831. The monoisotopic (exact) mass is 418 g/mol. The largest absolute Gasteiger partial charge is 0.416 e. The Morgan fingerprint density at radius 2 is 1.90 bits per heavy atom. The minimum absolute atomic E-state index is 0.0822. The van der Waals surface area contributed by atoms with Gasteiger partial charge in [0.25, 0.3) is 0 Å². The maximum atomic E-state index is 12.8. The fourth-order valence-electron chi connectivity index (χ4n) is 2.35. The third-order valence-corrected chi connectivity index (χ3v) is 4.79. The van der Waals surface area contributed by atoms with Crippen LogP contribution in [0.1, 0.15) is 23.9 Å². The van der Waals surface area contributed by atoms with Crippen LogP contribution in [0.5, 0.6) is 0 Å². The molecule has 0 aliphatic heterocycles. The summed E-state index contributed by atoms with van der Waals surface area (Å²) in [5.41, 5.74) is 0.269. The van der Waals surface area contributed by atoms with E-state index in [9.17, 15) is 18.0 Å². The van der Waals surface area contributed by atoms with Gasteiger partial charge < -0.3 is 5.32 Å². The Morgan fingerprint density at radius 3 is 2.62 bits per heavy atom. The summed E-state index contributed by atoms with van der Waals surface area (Å²) in [6.45, 7) is 1.63. The maximum absolute atomic E-state index is 12.8. The number of anilines is 1. The summed E-state index contributed by atoms with van der Waals surface area (Å²) in [5.74, 6) is 0.0855. The summed E-state index contributed by atoms with van der Waals surface area (Å²) < 4.78 is 38.3. The van der Waals surface area contributed by atoms with E-state index in [1.165, 1.54) is 12.1 Å². The lowest BCUT2D eigenvalue weighted by Crippen LogP contribution is -2.22. The molecule has 3 aromatic rings. The molecule has 150 valence electrons. The second-order valence-corrected chi connectivity index (χ2v) is 7.38. The minimum atomic E-state index is -4.47. The summed E-state index contributed by atoms with van der Waals surface area (Å²) >= 11 is 1.10. The summed E-state index contributed by atoms with van der Waals surface area (Å²) in [6, 6.07) is 14.2. The van der Waals surface area contributed by atoms with Crippen molar-refractivity contribution in [2.24, 2.45) is 0 Å². The number of amides is 1. The molecule has 0 aliphatic carbocycles. The molecule has 0 spiro atoms. The van der Waals surface area contributed by atoms with Gasteiger partial charge in [-0.05, 0) is 36.8 Å². The number of carbonyl (C=O) groups excluding carboxylic acids is 1. The smallest absolute Gasteiger partial charge is 0.325 e. The zero-order valence-corrected chi connectivity index (χ0v) is 16.1. The maximum Gasteiger partial charge on any atom is 0.416 e. The molecule has 29 heavy (non-hydrogen) atoms. The molecule has 0 radical (unpaired) electrons. The summed E-state index contributed by atoms with van der Waals surface area (Å²) in [7, 11) is 0. The zero-order valence-electron chi connectivity index (χ0n) is 15.3. The van der Waals surface area contributed by atoms with Crippen molar-refractivity contribution < 1.29 is 18.0 Å². The predicted octanol–water partition coefficient (Wildman–Crippen LogP) is 5.11. The lowest BCUT2D eigenvalue weighted by molar-refractivity contribution is -0.137. The molecule has 1 aromatic heterocycles. The van der Waals surface area contributed by atoms with Gasteiger partial charge in [0.2, 0.25) is 11.1 Å². The van der Waals surface area contributed by atoms with Crippen molar-refractivity contribution in [1.29, 1.82) is 0 Å². The number of nitrogens with one attached hydrogen (secondary N) is 2. The van der Waals surface area contributed by atoms with Crippen LogP contribution in [0.2, 0.25) is 0 Å². The van der Waals surface area contributed by atoms with Crippen molar-refractivity contribution in [2.75, 3.05) is 5.32 Å². The highest BCUT2D eigenvalue weighted by Crippen LogP contribution is 2.31. The van der Waals surface area contributed by atoms with E-state index < -0.39 is 22.9 Å². The van der Waals surface area contributed by atoms with Crippen LogP contribution in [-0.4, -0.2) is 26.3 Å². The van der Waals surface area contributed by atoms with E-state index >= 15 is 0 Å². The molecule has 0 fully saturated rings. The van der Waals surface area contributed by atoms with E-state index in [1.54, 1.807) is 13.0 Å². The molecule has 1 atom stereocenters. The lowest BCUT2D eigenvalue weighted by Gasteiger charge is -2.12. The van der Waals surface area contributed by atoms with Gasteiger partial charge in [0, 0.05) is 5.69 Å². The van der Waals surface area contributed by atoms with Gasteiger partial charge in [0.1, 0.15) is 5.82 Å². The van der Waals surface area contributed by atoms with E-state index in [1.807, 2.05) is 36.4 Å². The number of H-pyrrole nitrogens is 1. The molecule has 5 nitrogen and oxygen atoms in total. The average Bonchev–Trinajstić information content (AvgIpc) is 3.14. The first-order valence-corrected chi connectivity index (χ1v) is 9.49. The van der Waals surface area contributed by atoms with E-state index in [4.69, 9.17) is 0 Å². The molecule has 1 unspecified atom stereocenters. The van der Waals surface area contributed by atoms with Gasteiger partial charge in [-0.15, -0.1) is 5.10 Å². The Morgan fingerprint density at radius 1 is 1.14 bits per heavy atom. The van der Waals surface area contributed by atoms with Crippen molar-refractivity contribution in [3.63, 3.8) is 0 Å². The first-order chi connectivity index (χ1) is 13.8. The van der Waals surface area contributed by atoms with Gasteiger partial charge >= 0.3 is 6.18 Å². The van der Waals surface area contributed by atoms with E-state index in [2.05, 4.69) is 20.5 Å². The molecule has 2 N–H and O–H groups in total. The topological polar surface area (TPSA) is 70.7 Å². The number of benzene rings is 2. The number of alkyl halides is 3. The highest BCUT2D eigenvalue weighted by Gasteiger charge is 2.30. The van der Waals surface area contributed by atoms with Crippen LogP contribution in [0, 0.1) is 0 Å². The van der Waals surface area contributed by atoms with E-state index in [0.29, 0.717) is 11.0 Å². The van der Waals surface area contributed by atoms with Gasteiger partial charge in [0.15, 0.2) is 0 Å². The molecule has 1 heterocycles. The number of carbonyl (C=O) groups is 1. The summed E-state index contributed by atoms with van der Waals surface area (Å²) in [4.78, 5) is 16.6. The molecule has 3 rings (SSSR count). The molecular formula is C20H17F3N4OS. The van der Waals surface area contributed by atoms with Gasteiger partial charge in [-0.25, -0.2) is 4.98 Å². The molecular weight excluding hydrogens is 401 g/mol. The molecule has 9 heteroatoms. The van der Waals surface area contributed by atoms with E-state index in [-0.39, 0.29) is 5.69 Å². The number of aromatic amines is 1. The molecule has 1 amide bonds. The average molecular weight is 418 g/mol. The van der Waals surface area contributed by atoms with Crippen LogP contribution in [0.25, 0.3) is 12.2 Å². The number of rotatable bonds is 6. The van der Waals surface area contributed by atoms with Crippen molar-refractivity contribution in [3.05, 3.63) is 71.5 Å². The Hall–Kier alpha value is -3.07. The number of hydrogen-bond acceptors (Lipinski definition) is 4. The van der Waals surface area contributed by atoms with Crippen molar-refractivity contribution in [1.82, 2.24) is 15.2 Å². The van der Waals surface area contributed by atoms with Crippen LogP contribution >= 0.6 is 11.8 Å². The van der Waals surface area contributed by atoms with Gasteiger partial charge in [-0.2, -0.15) is 13.2 Å². The first-order valence-electron chi connectivity index (χ1n) is 8.61. The third kappa shape index (κ3) is 5.95. The molecule has 2 aromatic carbocycles. The van der Waals surface area contributed by atoms with Crippen molar-refractivity contribution >= 4 is 35.5 Å². The van der Waals surface area contributed by atoms with Gasteiger partial charge in [-0.1, -0.05) is 54.2 Å². The number of halogens is 3. The fraction of sp³-hybridized carbons (Fsp3) is 0.150. The lowest BCUT2D eigenvalue weighted by atomic mass is 10.2. The van der Waals surface area contributed by atoms with Gasteiger partial charge in [0.05, 0.1) is 10.8 Å². The second kappa shape index (κ2) is 8.95. The fourth-order valence-corrected chi connectivity index (χ4v) is 3.09. The number of aromatic nitrogens is 3. The highest BCUT2D eigenvalue weighted by atomic mass is 32.2. The quantitative estimate of drug-likeness (QED) is 0.546. The van der Waals surface area contributed by atoms with Crippen LogP contribution in [0.3, 0.4) is 0 Å². The molecule has 0 bridgehead atoms. The Labute approximate surface area is 169 Å². The van der Waals surface area contributed by atoms with Crippen molar-refractivity contribution in [3.8, 4) is 0 Å². The number of thioether (sulfide) groups is 1. The SMILES string of the molecule is CC(Sc1n[nH]c(/C=C/c2ccccc2)n1)C(=O)Nc1cccc(C(F)(F)F)c1. The van der Waals surface area contributed by atoms with E-state index in [0.717, 1.165) is 29.5 Å². The molecule has 0 aliphatic rings.